The van der Waals surface area contributed by atoms with Crippen molar-refractivity contribution in [1.29, 1.82) is 0 Å². The highest BCUT2D eigenvalue weighted by Crippen LogP contribution is 2.52. The number of allylic oxidation sites excluding steroid dienone is 1. The van der Waals surface area contributed by atoms with Gasteiger partial charge in [0.2, 0.25) is 0 Å². The van der Waals surface area contributed by atoms with Crippen LogP contribution < -0.4 is 0 Å². The van der Waals surface area contributed by atoms with Gasteiger partial charge < -0.3 is 4.90 Å². The molecule has 0 heterocycles. The van der Waals surface area contributed by atoms with E-state index in [9.17, 15) is 0 Å². The molecule has 0 amide bonds. The molecule has 3 rings (SSSR count). The van der Waals surface area contributed by atoms with Crippen LogP contribution in [0.1, 0.15) is 103 Å². The van der Waals surface area contributed by atoms with Crippen LogP contribution in [0.25, 0.3) is 0 Å². The maximum absolute atomic E-state index is 6.85. The van der Waals surface area contributed by atoms with Gasteiger partial charge in [0.25, 0.3) is 0 Å². The predicted molar refractivity (Wildman–Crippen MR) is 135 cm³/mol. The number of hydrogen-bond donors (Lipinski definition) is 0. The molecule has 0 radical (unpaired) electrons. The van der Waals surface area contributed by atoms with E-state index in [1.165, 1.54) is 68.2 Å². The van der Waals surface area contributed by atoms with Crippen LogP contribution in [-0.2, 0) is 6.42 Å². The second-order valence-corrected chi connectivity index (χ2v) is 11.7. The first-order valence-electron chi connectivity index (χ1n) is 11.8. The molecule has 2 aliphatic rings. The quantitative estimate of drug-likeness (QED) is 0.417. The van der Waals surface area contributed by atoms with Gasteiger partial charge >= 0.3 is 0 Å². The van der Waals surface area contributed by atoms with Gasteiger partial charge in [-0.25, -0.2) is 0 Å². The van der Waals surface area contributed by atoms with Crippen molar-refractivity contribution in [3.63, 3.8) is 0 Å². The summed E-state index contributed by atoms with van der Waals surface area (Å²) in [5, 5.41) is 0.953. The van der Waals surface area contributed by atoms with Gasteiger partial charge in [-0.15, -0.1) is 12.4 Å². The summed E-state index contributed by atoms with van der Waals surface area (Å²) in [6, 6.07) is 7.51. The van der Waals surface area contributed by atoms with Gasteiger partial charge in [-0.3, -0.25) is 0 Å². The minimum absolute atomic E-state index is 0. The topological polar surface area (TPSA) is 3.24 Å². The molecule has 0 atom stereocenters. The van der Waals surface area contributed by atoms with E-state index in [2.05, 4.69) is 64.3 Å². The zero-order valence-electron chi connectivity index (χ0n) is 19.9. The van der Waals surface area contributed by atoms with E-state index in [1.807, 2.05) is 0 Å². The van der Waals surface area contributed by atoms with E-state index in [-0.39, 0.29) is 12.4 Å². The van der Waals surface area contributed by atoms with Crippen LogP contribution in [0.2, 0.25) is 5.02 Å². The van der Waals surface area contributed by atoms with Crippen LogP contribution >= 0.6 is 24.0 Å². The lowest BCUT2D eigenvalue weighted by Gasteiger charge is -2.45. The van der Waals surface area contributed by atoms with Crippen molar-refractivity contribution < 1.29 is 0 Å². The van der Waals surface area contributed by atoms with Gasteiger partial charge in [-0.2, -0.15) is 0 Å². The summed E-state index contributed by atoms with van der Waals surface area (Å²) in [5.74, 6) is 0.563. The highest BCUT2D eigenvalue weighted by molar-refractivity contribution is 6.31. The molecule has 2 saturated carbocycles. The summed E-state index contributed by atoms with van der Waals surface area (Å²) in [5.41, 5.74) is 4.66. The summed E-state index contributed by atoms with van der Waals surface area (Å²) in [7, 11) is 0. The Hall–Kier alpha value is -0.660. The van der Waals surface area contributed by atoms with Crippen LogP contribution in [0.15, 0.2) is 30.5 Å². The normalized spacial score (nSPS) is 21.7. The predicted octanol–water partition coefficient (Wildman–Crippen LogP) is 8.79. The Morgan fingerprint density at radius 1 is 1.07 bits per heavy atom. The number of hydrogen-bond acceptors (Lipinski definition) is 1. The van der Waals surface area contributed by atoms with Gasteiger partial charge in [0.1, 0.15) is 0 Å². The van der Waals surface area contributed by atoms with Crippen LogP contribution in [0.3, 0.4) is 0 Å². The zero-order chi connectivity index (χ0) is 21.2. The Morgan fingerprint density at radius 3 is 2.20 bits per heavy atom. The van der Waals surface area contributed by atoms with E-state index in [1.54, 1.807) is 0 Å². The number of rotatable bonds is 6. The molecule has 0 saturated heterocycles. The molecule has 1 aromatic rings. The second kappa shape index (κ2) is 10.3. The summed E-state index contributed by atoms with van der Waals surface area (Å²) in [4.78, 5) is 2.55. The first-order valence-corrected chi connectivity index (χ1v) is 12.2. The fraction of sp³-hybridized carbons (Fsp3) is 0.704. The number of benzene rings is 1. The number of halogens is 2. The summed E-state index contributed by atoms with van der Waals surface area (Å²) >= 11 is 6.85. The van der Waals surface area contributed by atoms with E-state index in [0.717, 1.165) is 18.0 Å². The lowest BCUT2D eigenvalue weighted by molar-refractivity contribution is 0.0969. The van der Waals surface area contributed by atoms with E-state index in [0.29, 0.717) is 22.8 Å². The molecule has 2 fully saturated rings. The van der Waals surface area contributed by atoms with Gasteiger partial charge in [-0.05, 0) is 73.0 Å². The summed E-state index contributed by atoms with van der Waals surface area (Å²) in [6.07, 6.45) is 11.4. The lowest BCUT2D eigenvalue weighted by Crippen LogP contribution is -2.36. The van der Waals surface area contributed by atoms with E-state index >= 15 is 0 Å². The Morgan fingerprint density at radius 2 is 1.67 bits per heavy atom. The average molecular weight is 453 g/mol. The summed E-state index contributed by atoms with van der Waals surface area (Å²) < 4.78 is 0. The molecule has 0 spiro atoms. The molecular formula is C27H43Cl2N. The molecule has 0 aliphatic heterocycles. The molecule has 1 aromatic carbocycles. The van der Waals surface area contributed by atoms with Crippen molar-refractivity contribution in [2.75, 3.05) is 6.54 Å². The van der Waals surface area contributed by atoms with Crippen molar-refractivity contribution in [2.45, 2.75) is 104 Å². The maximum Gasteiger partial charge on any atom is 0.0443 e. The summed E-state index contributed by atoms with van der Waals surface area (Å²) in [6.45, 7) is 17.4. The van der Waals surface area contributed by atoms with Crippen molar-refractivity contribution >= 4 is 24.0 Å². The largest absolute Gasteiger partial charge is 0.372 e. The fourth-order valence-electron chi connectivity index (χ4n) is 6.55. The molecular weight excluding hydrogens is 409 g/mol. The molecule has 0 N–H and O–H groups in total. The first kappa shape index (κ1) is 25.6. The molecule has 0 bridgehead atoms. The third-order valence-electron chi connectivity index (χ3n) is 7.23. The smallest absolute Gasteiger partial charge is 0.0443 e. The molecule has 0 aromatic heterocycles. The van der Waals surface area contributed by atoms with Gasteiger partial charge in [0, 0.05) is 29.7 Å². The van der Waals surface area contributed by atoms with Crippen LogP contribution in [0.4, 0.5) is 0 Å². The Kier molecular flexibility index (Phi) is 8.79. The first-order chi connectivity index (χ1) is 13.6. The molecule has 1 nitrogen and oxygen atoms in total. The van der Waals surface area contributed by atoms with Crippen molar-refractivity contribution in [3.8, 4) is 0 Å². The van der Waals surface area contributed by atoms with Gasteiger partial charge in [0.15, 0.2) is 0 Å². The Balaban J connectivity index is 0.00000320. The Labute approximate surface area is 197 Å². The molecule has 3 heteroatoms. The second-order valence-electron chi connectivity index (χ2n) is 11.3. The monoisotopic (exact) mass is 451 g/mol. The SMILES string of the molecule is C=C(Cc1ccc(C2CC(C)(C)CC(C)(C)C2)c(Cl)c1)N(CC)C1CCCCC1.Cl. The molecule has 0 unspecified atom stereocenters. The van der Waals surface area contributed by atoms with E-state index < -0.39 is 0 Å². The van der Waals surface area contributed by atoms with E-state index in [4.69, 9.17) is 11.6 Å². The number of likely N-dealkylation sites (N-methyl/N-ethyl adjacent to an activating group) is 1. The average Bonchev–Trinajstić information content (AvgIpc) is 2.60. The highest BCUT2D eigenvalue weighted by Gasteiger charge is 2.39. The van der Waals surface area contributed by atoms with Crippen LogP contribution in [0, 0.1) is 10.8 Å². The fourth-order valence-corrected chi connectivity index (χ4v) is 6.90. The number of nitrogens with zero attached hydrogens (tertiary/aromatic N) is 1. The Bertz CT molecular complexity index is 700. The van der Waals surface area contributed by atoms with Crippen LogP contribution in [0.5, 0.6) is 0 Å². The third kappa shape index (κ3) is 6.42. The van der Waals surface area contributed by atoms with Gasteiger partial charge in [0.05, 0.1) is 0 Å². The van der Waals surface area contributed by atoms with Crippen molar-refractivity contribution in [2.24, 2.45) is 10.8 Å². The standard InChI is InChI=1S/C27H42ClN.ClH/c1-7-29(23-11-9-8-10-12-23)20(2)15-21-13-14-24(25(28)16-21)22-17-26(3,4)19-27(5,6)18-22;/h13-14,16,22-23H,2,7-12,15,17-19H2,1,3-6H3;1H. The zero-order valence-corrected chi connectivity index (χ0v) is 21.5. The minimum atomic E-state index is 0. The maximum atomic E-state index is 6.85. The molecule has 2 aliphatic carbocycles. The van der Waals surface area contributed by atoms with Gasteiger partial charge in [-0.1, -0.05) is 77.3 Å². The lowest BCUT2D eigenvalue weighted by atomic mass is 9.60. The highest BCUT2D eigenvalue weighted by atomic mass is 35.5. The van der Waals surface area contributed by atoms with Crippen molar-refractivity contribution in [1.82, 2.24) is 4.90 Å². The van der Waals surface area contributed by atoms with Crippen LogP contribution in [-0.4, -0.2) is 17.5 Å². The minimum Gasteiger partial charge on any atom is -0.372 e. The molecule has 30 heavy (non-hydrogen) atoms. The molecule has 170 valence electrons. The third-order valence-corrected chi connectivity index (χ3v) is 7.56. The van der Waals surface area contributed by atoms with Crippen molar-refractivity contribution in [3.05, 3.63) is 46.6 Å².